The number of hydrogen-bond donors (Lipinski definition) is 0. The Morgan fingerprint density at radius 2 is 2.15 bits per heavy atom. The number of rotatable bonds is 3. The summed E-state index contributed by atoms with van der Waals surface area (Å²) in [5.41, 5.74) is 3.32. The van der Waals surface area contributed by atoms with Gasteiger partial charge in [0.05, 0.1) is 5.56 Å². The van der Waals surface area contributed by atoms with Crippen molar-refractivity contribution in [3.05, 3.63) is 55.0 Å². The molecule has 0 aromatic carbocycles. The predicted molar refractivity (Wildman–Crippen MR) is 75.5 cm³/mol. The zero-order valence-corrected chi connectivity index (χ0v) is 10.9. The molecule has 3 rings (SSSR count). The molecular formula is C15H12N4O. The standard InChI is InChI=1S/C15H12N4O/c1-10(2)11-7-12(9-16-8-11)15-18-14(19-20-15)13-5-3-4-6-17-13/h3-9H,1H2,2H3. The quantitative estimate of drug-likeness (QED) is 0.726. The maximum Gasteiger partial charge on any atom is 0.259 e. The van der Waals surface area contributed by atoms with Crippen LogP contribution in [-0.4, -0.2) is 20.1 Å². The Labute approximate surface area is 116 Å². The minimum absolute atomic E-state index is 0.418. The van der Waals surface area contributed by atoms with Crippen LogP contribution in [0.1, 0.15) is 12.5 Å². The van der Waals surface area contributed by atoms with Crippen molar-refractivity contribution in [2.75, 3.05) is 0 Å². The van der Waals surface area contributed by atoms with E-state index in [2.05, 4.69) is 26.7 Å². The fourth-order valence-electron chi connectivity index (χ4n) is 1.73. The van der Waals surface area contributed by atoms with E-state index in [-0.39, 0.29) is 0 Å². The third-order valence-corrected chi connectivity index (χ3v) is 2.80. The molecule has 0 unspecified atom stereocenters. The first-order chi connectivity index (χ1) is 9.74. The van der Waals surface area contributed by atoms with Crippen LogP contribution >= 0.6 is 0 Å². The molecule has 3 aromatic heterocycles. The van der Waals surface area contributed by atoms with Gasteiger partial charge >= 0.3 is 0 Å². The fourth-order valence-corrected chi connectivity index (χ4v) is 1.73. The predicted octanol–water partition coefficient (Wildman–Crippen LogP) is 3.23. The van der Waals surface area contributed by atoms with E-state index in [4.69, 9.17) is 4.52 Å². The molecule has 0 amide bonds. The Balaban J connectivity index is 1.98. The second-order valence-electron chi connectivity index (χ2n) is 4.38. The van der Waals surface area contributed by atoms with Crippen LogP contribution in [0.5, 0.6) is 0 Å². The Hall–Kier alpha value is -2.82. The molecular weight excluding hydrogens is 252 g/mol. The highest BCUT2D eigenvalue weighted by Crippen LogP contribution is 2.22. The molecule has 3 aromatic rings. The van der Waals surface area contributed by atoms with Crippen LogP contribution in [0.15, 0.2) is 54.0 Å². The minimum atomic E-state index is 0.418. The Morgan fingerprint density at radius 1 is 1.25 bits per heavy atom. The van der Waals surface area contributed by atoms with Gasteiger partial charge in [-0.05, 0) is 36.3 Å². The normalized spacial score (nSPS) is 10.4. The summed E-state index contributed by atoms with van der Waals surface area (Å²) in [7, 11) is 0. The number of hydrogen-bond acceptors (Lipinski definition) is 5. The molecule has 5 heteroatoms. The summed E-state index contributed by atoms with van der Waals surface area (Å²) in [6, 6.07) is 7.47. The average molecular weight is 264 g/mol. The Morgan fingerprint density at radius 3 is 2.90 bits per heavy atom. The maximum absolute atomic E-state index is 5.27. The Bertz CT molecular complexity index is 749. The maximum atomic E-state index is 5.27. The van der Waals surface area contributed by atoms with E-state index in [0.29, 0.717) is 17.4 Å². The van der Waals surface area contributed by atoms with Gasteiger partial charge in [-0.15, -0.1) is 0 Å². The largest absolute Gasteiger partial charge is 0.333 e. The van der Waals surface area contributed by atoms with Crippen molar-refractivity contribution in [3.8, 4) is 23.0 Å². The van der Waals surface area contributed by atoms with Crippen LogP contribution in [-0.2, 0) is 0 Å². The van der Waals surface area contributed by atoms with Crippen LogP contribution in [0.3, 0.4) is 0 Å². The summed E-state index contributed by atoms with van der Waals surface area (Å²) in [6.07, 6.45) is 5.12. The van der Waals surface area contributed by atoms with Crippen molar-refractivity contribution < 1.29 is 4.52 Å². The topological polar surface area (TPSA) is 64.7 Å². The number of aromatic nitrogens is 4. The van der Waals surface area contributed by atoms with E-state index in [9.17, 15) is 0 Å². The van der Waals surface area contributed by atoms with E-state index < -0.39 is 0 Å². The summed E-state index contributed by atoms with van der Waals surface area (Å²) >= 11 is 0. The molecule has 3 heterocycles. The summed E-state index contributed by atoms with van der Waals surface area (Å²) in [5, 5.41) is 3.94. The average Bonchev–Trinajstić information content (AvgIpc) is 2.98. The van der Waals surface area contributed by atoms with Crippen molar-refractivity contribution in [2.45, 2.75) is 6.92 Å². The van der Waals surface area contributed by atoms with Gasteiger partial charge in [-0.1, -0.05) is 17.8 Å². The van der Waals surface area contributed by atoms with E-state index in [1.165, 1.54) is 0 Å². The van der Waals surface area contributed by atoms with Gasteiger partial charge in [0.25, 0.3) is 5.89 Å². The van der Waals surface area contributed by atoms with E-state index in [1.807, 2.05) is 31.2 Å². The molecule has 0 saturated carbocycles. The van der Waals surface area contributed by atoms with Gasteiger partial charge < -0.3 is 4.52 Å². The van der Waals surface area contributed by atoms with E-state index in [1.54, 1.807) is 18.6 Å². The van der Waals surface area contributed by atoms with Gasteiger partial charge in [-0.3, -0.25) is 9.97 Å². The molecule has 0 aliphatic carbocycles. The Kier molecular flexibility index (Phi) is 3.09. The van der Waals surface area contributed by atoms with Gasteiger partial charge in [-0.25, -0.2) is 0 Å². The van der Waals surface area contributed by atoms with Crippen LogP contribution in [0.25, 0.3) is 28.5 Å². The van der Waals surface area contributed by atoms with E-state index >= 15 is 0 Å². The molecule has 0 atom stereocenters. The second-order valence-corrected chi connectivity index (χ2v) is 4.38. The molecule has 0 aliphatic heterocycles. The van der Waals surface area contributed by atoms with Crippen molar-refractivity contribution in [1.82, 2.24) is 20.1 Å². The smallest absolute Gasteiger partial charge is 0.259 e. The van der Waals surface area contributed by atoms with Crippen LogP contribution in [0, 0.1) is 0 Å². The lowest BCUT2D eigenvalue weighted by Gasteiger charge is -1.99. The molecule has 5 nitrogen and oxygen atoms in total. The number of nitrogens with zero attached hydrogens (tertiary/aromatic N) is 4. The molecule has 0 saturated heterocycles. The highest BCUT2D eigenvalue weighted by molar-refractivity contribution is 5.66. The zero-order chi connectivity index (χ0) is 13.9. The lowest BCUT2D eigenvalue weighted by atomic mass is 10.1. The lowest BCUT2D eigenvalue weighted by Crippen LogP contribution is -1.86. The first kappa shape index (κ1) is 12.2. The number of allylic oxidation sites excluding steroid dienone is 1. The third-order valence-electron chi connectivity index (χ3n) is 2.80. The molecule has 98 valence electrons. The lowest BCUT2D eigenvalue weighted by molar-refractivity contribution is 0.432. The minimum Gasteiger partial charge on any atom is -0.333 e. The van der Waals surface area contributed by atoms with Crippen LogP contribution < -0.4 is 0 Å². The van der Waals surface area contributed by atoms with Crippen LogP contribution in [0.4, 0.5) is 0 Å². The summed E-state index contributed by atoms with van der Waals surface area (Å²) < 4.78 is 5.27. The van der Waals surface area contributed by atoms with Crippen molar-refractivity contribution >= 4 is 5.57 Å². The first-order valence-electron chi connectivity index (χ1n) is 6.10. The summed E-state index contributed by atoms with van der Waals surface area (Å²) in [6.45, 7) is 5.82. The highest BCUT2D eigenvalue weighted by atomic mass is 16.5. The van der Waals surface area contributed by atoms with Crippen molar-refractivity contribution in [2.24, 2.45) is 0 Å². The van der Waals surface area contributed by atoms with Crippen molar-refractivity contribution in [3.63, 3.8) is 0 Å². The SMILES string of the molecule is C=C(C)c1cncc(-c2nc(-c3ccccn3)no2)c1. The van der Waals surface area contributed by atoms with Gasteiger partial charge in [0.2, 0.25) is 5.82 Å². The van der Waals surface area contributed by atoms with E-state index in [0.717, 1.165) is 16.7 Å². The monoisotopic (exact) mass is 264 g/mol. The van der Waals surface area contributed by atoms with Gasteiger partial charge in [0.15, 0.2) is 0 Å². The highest BCUT2D eigenvalue weighted by Gasteiger charge is 2.12. The van der Waals surface area contributed by atoms with Gasteiger partial charge in [0.1, 0.15) is 5.69 Å². The summed E-state index contributed by atoms with van der Waals surface area (Å²) in [4.78, 5) is 12.7. The molecule has 0 spiro atoms. The van der Waals surface area contributed by atoms with Crippen molar-refractivity contribution in [1.29, 1.82) is 0 Å². The third kappa shape index (κ3) is 2.33. The zero-order valence-electron chi connectivity index (χ0n) is 10.9. The molecule has 0 bridgehead atoms. The molecule has 0 aliphatic rings. The first-order valence-corrected chi connectivity index (χ1v) is 6.10. The summed E-state index contributed by atoms with van der Waals surface area (Å²) in [5.74, 6) is 0.877. The molecule has 0 radical (unpaired) electrons. The molecule has 0 N–H and O–H groups in total. The fraction of sp³-hybridized carbons (Fsp3) is 0.0667. The number of pyridine rings is 2. The second kappa shape index (κ2) is 5.05. The molecule has 0 fully saturated rings. The van der Waals surface area contributed by atoms with Gasteiger partial charge in [-0.2, -0.15) is 4.98 Å². The van der Waals surface area contributed by atoms with Crippen LogP contribution in [0.2, 0.25) is 0 Å². The molecule has 20 heavy (non-hydrogen) atoms. The van der Waals surface area contributed by atoms with Gasteiger partial charge in [0, 0.05) is 18.6 Å².